The Balaban J connectivity index is 0.000000178. The van der Waals surface area contributed by atoms with Crippen molar-refractivity contribution in [2.24, 2.45) is 21.2 Å². The summed E-state index contributed by atoms with van der Waals surface area (Å²) in [5.74, 6) is -13.3. The number of hydrogen-bond donors (Lipinski definition) is 2. The molecule has 30 heteroatoms. The van der Waals surface area contributed by atoms with E-state index in [9.17, 15) is 47.4 Å². The number of esters is 1. The van der Waals surface area contributed by atoms with Gasteiger partial charge in [0, 0.05) is 103 Å². The van der Waals surface area contributed by atoms with Gasteiger partial charge in [0.1, 0.15) is 22.8 Å². The van der Waals surface area contributed by atoms with E-state index in [-0.39, 0.29) is 150 Å². The Morgan fingerprint density at radius 3 is 1.23 bits per heavy atom. The standard InChI is InChI=1S/C28H27BrF2N2O2.C27H26BrF2NO5.C15H8BrClF2O.C12H19NO4.C2H4O2.CH4.K.H3N/c1-26(2,3)35-25(34)33-15-27(8-9-27)13-24(33)23-11-17(14-32-23)16-4-6-19-20-7-5-18(29)12-22(20)28(30,31)21(19)10-16;1-25(2,3)36-24(34)31-14-26(8-9-26)12-21(31)23(33)35-13-22(32)15-4-6-17-18-7-5-16(28)11-20(18)27(29,30)19(17)10-15;16-9-2-4-11-10-3-1-8(14(20)7-17)5-12(10)15(18,19)13(11)6-9;1-11(2,3)17-10(16)13-7-12(4-5-12)6-8(13)9(14)15;1-2(3)4;;;/h4-7,10,12,14,24H,8-9,11,13,15H2,1-3H3;4-7,10-11,21H,8-9,12-14H2,1-3H3;1-6H,7H2;8H,4-7H2,1-3H3,(H,14,15);1H3,(H,3,4);1H4;;1H3/q;;;;;;+1;/p-1/t;;;8-;;;;/m...0..../s1. The SMILES string of the molecule is C.CC(=O)O.CC(C)(C)OC(=O)N1CC2(CC2)CC1C(=O)OCC(=O)c1ccc2c(c1)C(F)(F)c1cc(Br)ccc1-2.CC(C)(C)OC(=O)N1CC2(CC2)CC1C1=NC=C(c2ccc3c(c2)C(F)(F)c2cc(Br)ccc2-3)C1.CC(C)(C)OC(=O)N1CC2(CC2)C[C@H]1C(=O)[O-].N.O=C(CCl)c1ccc2c(c1)C(F)(F)c1cc(Br)ccc1-2.[K+]. The maximum Gasteiger partial charge on any atom is 1.00 e. The summed E-state index contributed by atoms with van der Waals surface area (Å²) >= 11 is 15.2. The predicted molar refractivity (Wildman–Crippen MR) is 427 cm³/mol. The van der Waals surface area contributed by atoms with Gasteiger partial charge in [0.25, 0.3) is 23.7 Å². The van der Waals surface area contributed by atoms with Crippen LogP contribution in [0.5, 0.6) is 0 Å². The minimum Gasteiger partial charge on any atom is -0.548 e. The van der Waals surface area contributed by atoms with Gasteiger partial charge in [-0.1, -0.05) is 110 Å². The van der Waals surface area contributed by atoms with E-state index in [1.807, 2.05) is 31.7 Å². The van der Waals surface area contributed by atoms with Crippen LogP contribution in [0, 0.1) is 16.2 Å². The Hall–Kier alpha value is -6.80. The summed E-state index contributed by atoms with van der Waals surface area (Å²) < 4.78 is 113. The van der Waals surface area contributed by atoms with Gasteiger partial charge in [-0.15, -0.1) is 11.6 Å². The molecule has 19 nitrogen and oxygen atoms in total. The normalized spacial score (nSPS) is 20.1. The number of fused-ring (bicyclic) bond motifs is 9. The Morgan fingerprint density at radius 2 is 0.843 bits per heavy atom. The predicted octanol–water partition coefficient (Wildman–Crippen LogP) is 17.0. The summed E-state index contributed by atoms with van der Waals surface area (Å²) in [6.07, 6.45) is 8.79. The van der Waals surface area contributed by atoms with E-state index in [0.717, 1.165) is 68.7 Å². The number of aliphatic carboxylic acids is 2. The molecule has 0 bridgehead atoms. The van der Waals surface area contributed by atoms with E-state index in [4.69, 9.17) is 45.4 Å². The van der Waals surface area contributed by atoms with Crippen molar-refractivity contribution in [1.29, 1.82) is 0 Å². The van der Waals surface area contributed by atoms with Crippen molar-refractivity contribution in [3.05, 3.63) is 179 Å². The first-order chi connectivity index (χ1) is 52.2. The Labute approximate surface area is 736 Å². The minimum atomic E-state index is -3.25. The van der Waals surface area contributed by atoms with Crippen LogP contribution in [0.1, 0.15) is 201 Å². The number of aliphatic imine (C=N–C) groups is 1. The third-order valence-corrected chi connectivity index (χ3v) is 23.1. The van der Waals surface area contributed by atoms with Crippen molar-refractivity contribution in [3.8, 4) is 33.4 Å². The van der Waals surface area contributed by atoms with Crippen molar-refractivity contribution >= 4 is 118 Å². The molecule has 3 saturated heterocycles. The molecule has 6 aliphatic carbocycles. The molecular formula is C85H90Br3ClF6KN5O14. The molecule has 0 radical (unpaired) electrons. The molecule has 0 aromatic heterocycles. The van der Waals surface area contributed by atoms with Crippen molar-refractivity contribution in [1.82, 2.24) is 20.9 Å². The number of Topliss-reactive ketones (excluding diaryl/α,β-unsaturated/α-hetero) is 2. The number of likely N-dealkylation sites (tertiary alicyclic amines) is 3. The van der Waals surface area contributed by atoms with Crippen LogP contribution in [-0.2, 0) is 51.1 Å². The first kappa shape index (κ1) is 92.1. The molecule has 6 fully saturated rings. The number of carboxylic acid groups (broad SMARTS) is 2. The fourth-order valence-electron chi connectivity index (χ4n) is 15.4. The number of benzene rings is 6. The number of rotatable bonds is 9. The smallest absolute Gasteiger partial charge is 0.548 e. The zero-order chi connectivity index (χ0) is 81.7. The van der Waals surface area contributed by atoms with Crippen LogP contribution in [-0.4, -0.2) is 140 Å². The Kier molecular flexibility index (Phi) is 27.3. The summed E-state index contributed by atoms with van der Waals surface area (Å²) in [6, 6.07) is 26.5. The summed E-state index contributed by atoms with van der Waals surface area (Å²) in [5.41, 5.74) is 3.43. The van der Waals surface area contributed by atoms with E-state index in [2.05, 4.69) is 47.8 Å². The molecule has 115 heavy (non-hydrogen) atoms. The largest absolute Gasteiger partial charge is 1.00 e. The number of ether oxygens (including phenoxy) is 4. The zero-order valence-corrected chi connectivity index (χ0v) is 73.5. The van der Waals surface area contributed by atoms with Gasteiger partial charge in [0.2, 0.25) is 0 Å². The molecule has 2 unspecified atom stereocenters. The van der Waals surface area contributed by atoms with Crippen LogP contribution in [0.15, 0.2) is 134 Å². The van der Waals surface area contributed by atoms with Crippen LogP contribution >= 0.6 is 59.4 Å². The number of carbonyl (C=O) groups excluding carboxylic acids is 7. The fraction of sp³-hybridized carbons (Fsp3) is 0.447. The number of hydrogen-bond acceptors (Lipinski definition) is 15. The molecule has 16 rings (SSSR count). The van der Waals surface area contributed by atoms with E-state index in [1.165, 1.54) is 58.3 Å². The maximum absolute atomic E-state index is 15.3. The van der Waals surface area contributed by atoms with Crippen LogP contribution in [0.4, 0.5) is 40.7 Å². The molecule has 4 aliphatic heterocycles. The topological polar surface area (TPSA) is 274 Å². The van der Waals surface area contributed by atoms with Crippen molar-refractivity contribution in [2.45, 2.75) is 194 Å². The second-order valence-corrected chi connectivity index (χ2v) is 36.5. The molecule has 3 saturated carbocycles. The maximum atomic E-state index is 15.3. The first-order valence-electron chi connectivity index (χ1n) is 36.6. The fourth-order valence-corrected chi connectivity index (χ4v) is 16.6. The van der Waals surface area contributed by atoms with E-state index in [1.54, 1.807) is 102 Å². The summed E-state index contributed by atoms with van der Waals surface area (Å²) in [5, 5.41) is 18.5. The number of ketones is 2. The van der Waals surface area contributed by atoms with E-state index < -0.39 is 89.1 Å². The molecule has 3 amide bonds. The summed E-state index contributed by atoms with van der Waals surface area (Å²) in [7, 11) is 0. The molecule has 610 valence electrons. The number of alkyl halides is 7. The van der Waals surface area contributed by atoms with Gasteiger partial charge in [0.05, 0.1) is 23.9 Å². The van der Waals surface area contributed by atoms with Gasteiger partial charge in [0.15, 0.2) is 18.2 Å². The molecule has 6 aromatic carbocycles. The molecule has 3 spiro atoms. The molecule has 4 heterocycles. The first-order valence-corrected chi connectivity index (χ1v) is 39.5. The van der Waals surface area contributed by atoms with Gasteiger partial charge in [-0.25, -0.2) is 19.2 Å². The van der Waals surface area contributed by atoms with E-state index >= 15 is 17.6 Å². The number of carboxylic acids is 2. The van der Waals surface area contributed by atoms with Crippen molar-refractivity contribution < 1.29 is 145 Å². The van der Waals surface area contributed by atoms with Crippen LogP contribution in [0.3, 0.4) is 0 Å². The average molecular weight is 1830 g/mol. The van der Waals surface area contributed by atoms with E-state index in [0.29, 0.717) is 85.7 Å². The van der Waals surface area contributed by atoms with Crippen LogP contribution in [0.2, 0.25) is 0 Å². The van der Waals surface area contributed by atoms with Crippen LogP contribution in [0.25, 0.3) is 39.0 Å². The monoisotopic (exact) mass is 1830 g/mol. The zero-order valence-electron chi connectivity index (χ0n) is 64.8. The second kappa shape index (κ2) is 34.1. The van der Waals surface area contributed by atoms with Crippen molar-refractivity contribution in [2.75, 3.05) is 32.1 Å². The quantitative estimate of drug-likeness (QED) is 0.0340. The molecule has 3 atom stereocenters. The van der Waals surface area contributed by atoms with Gasteiger partial charge >= 0.3 is 75.6 Å². The third-order valence-electron chi connectivity index (χ3n) is 21.4. The number of carbonyl (C=O) groups is 8. The van der Waals surface area contributed by atoms with Gasteiger partial charge in [-0.2, -0.15) is 26.3 Å². The summed E-state index contributed by atoms with van der Waals surface area (Å²) in [4.78, 5) is 104. The third kappa shape index (κ3) is 20.1. The second-order valence-electron chi connectivity index (χ2n) is 33.4. The molecular weight excluding hydrogens is 1740 g/mol. The molecule has 4 N–H and O–H groups in total. The Bertz CT molecular complexity index is 4950. The molecule has 6 aromatic rings. The number of allylic oxidation sites excluding steroid dienone is 1. The minimum absolute atomic E-state index is 0. The molecule has 10 aliphatic rings. The number of nitrogens with zero attached hydrogens (tertiary/aromatic N) is 4. The van der Waals surface area contributed by atoms with Crippen molar-refractivity contribution in [3.63, 3.8) is 0 Å². The Morgan fingerprint density at radius 1 is 0.513 bits per heavy atom. The number of amides is 3. The van der Waals surface area contributed by atoms with Crippen LogP contribution < -0.4 is 62.6 Å². The summed E-state index contributed by atoms with van der Waals surface area (Å²) in [6.45, 7) is 18.2. The van der Waals surface area contributed by atoms with Gasteiger partial charge in [-0.3, -0.25) is 34.1 Å². The number of halogens is 10. The van der Waals surface area contributed by atoms with Gasteiger partial charge in [-0.05, 0) is 235 Å². The van der Waals surface area contributed by atoms with Gasteiger partial charge < -0.3 is 40.1 Å². The average Bonchev–Trinajstić information content (AvgIpc) is 1.57.